The summed E-state index contributed by atoms with van der Waals surface area (Å²) in [7, 11) is -1.62. The van der Waals surface area contributed by atoms with Gasteiger partial charge in [0.05, 0.1) is 10.9 Å². The van der Waals surface area contributed by atoms with E-state index in [1.54, 1.807) is 23.1 Å². The molecule has 2 aliphatic heterocycles. The van der Waals surface area contributed by atoms with Gasteiger partial charge in [-0.2, -0.15) is 5.26 Å². The molecule has 0 aliphatic carbocycles. The number of ether oxygens (including phenoxy) is 1. The lowest BCUT2D eigenvalue weighted by molar-refractivity contribution is 0.0538. The van der Waals surface area contributed by atoms with Gasteiger partial charge in [-0.25, -0.2) is 13.1 Å². The molecule has 2 aliphatic rings. The summed E-state index contributed by atoms with van der Waals surface area (Å²) in [6.07, 6.45) is 4.98. The Morgan fingerprint density at radius 1 is 1.31 bits per heavy atom. The zero-order valence-corrected chi connectivity index (χ0v) is 20.3. The summed E-state index contributed by atoms with van der Waals surface area (Å²) < 4.78 is 35.1. The molecule has 0 bridgehead atoms. The van der Waals surface area contributed by atoms with Crippen LogP contribution in [-0.4, -0.2) is 70.2 Å². The fourth-order valence-corrected chi connectivity index (χ4v) is 6.81. The van der Waals surface area contributed by atoms with E-state index < -0.39 is 10.0 Å². The molecule has 0 unspecified atom stereocenters. The Bertz CT molecular complexity index is 856. The lowest BCUT2D eigenvalue weighted by atomic mass is 9.99. The van der Waals surface area contributed by atoms with Crippen molar-refractivity contribution >= 4 is 41.9 Å². The van der Waals surface area contributed by atoms with Crippen LogP contribution in [0.5, 0.6) is 0 Å². The molecule has 2 saturated heterocycles. The molecular formula is C19H26Br2N4O3S. The Morgan fingerprint density at radius 3 is 2.72 bits per heavy atom. The average molecular weight is 550 g/mol. The number of hydrogen-bond donors (Lipinski definition) is 1. The van der Waals surface area contributed by atoms with Crippen molar-refractivity contribution in [2.75, 3.05) is 39.9 Å². The van der Waals surface area contributed by atoms with Crippen molar-refractivity contribution in [1.82, 2.24) is 14.5 Å². The van der Waals surface area contributed by atoms with Crippen molar-refractivity contribution in [2.24, 2.45) is 5.92 Å². The maximum atomic E-state index is 12.9. The average Bonchev–Trinajstić information content (AvgIpc) is 3.04. The number of likely N-dealkylation sites (N-methyl/N-ethyl adjacent to an activating group) is 1. The van der Waals surface area contributed by atoms with Gasteiger partial charge in [0.25, 0.3) is 0 Å². The highest BCUT2D eigenvalue weighted by molar-refractivity contribution is 9.11. The Kier molecular flexibility index (Phi) is 7.98. The van der Waals surface area contributed by atoms with E-state index in [1.165, 1.54) is 0 Å². The van der Waals surface area contributed by atoms with Crippen LogP contribution in [0.2, 0.25) is 0 Å². The summed E-state index contributed by atoms with van der Waals surface area (Å²) in [4.78, 5) is 4.15. The van der Waals surface area contributed by atoms with Crippen molar-refractivity contribution in [3.05, 3.63) is 27.1 Å². The summed E-state index contributed by atoms with van der Waals surface area (Å²) in [5, 5.41) is 9.53. The normalized spacial score (nSPS) is 23.5. The van der Waals surface area contributed by atoms with Gasteiger partial charge in [0.1, 0.15) is 0 Å². The van der Waals surface area contributed by atoms with Crippen molar-refractivity contribution in [2.45, 2.75) is 36.2 Å². The quantitative estimate of drug-likeness (QED) is 0.526. The lowest BCUT2D eigenvalue weighted by Crippen LogP contribution is -2.39. The van der Waals surface area contributed by atoms with Crippen LogP contribution < -0.4 is 4.72 Å². The van der Waals surface area contributed by atoms with Gasteiger partial charge < -0.3 is 14.5 Å². The summed E-state index contributed by atoms with van der Waals surface area (Å²) in [6, 6.07) is 4.75. The maximum absolute atomic E-state index is 12.9. The number of rotatable bonds is 7. The third-order valence-electron chi connectivity index (χ3n) is 5.48. The molecule has 29 heavy (non-hydrogen) atoms. The summed E-state index contributed by atoms with van der Waals surface area (Å²) in [6.45, 7) is 3.74. The van der Waals surface area contributed by atoms with Gasteiger partial charge in [-0.3, -0.25) is 0 Å². The zero-order valence-electron chi connectivity index (χ0n) is 16.4. The highest BCUT2D eigenvalue weighted by Gasteiger charge is 2.35. The molecule has 1 aromatic carbocycles. The number of nitriles is 1. The number of nitrogens with zero attached hydrogens (tertiary/aromatic N) is 3. The molecule has 0 aromatic heterocycles. The second-order valence-corrected chi connectivity index (χ2v) is 11.3. The van der Waals surface area contributed by atoms with E-state index in [0.717, 1.165) is 39.1 Å². The molecule has 10 heteroatoms. The monoisotopic (exact) mass is 548 g/mol. The topological polar surface area (TPSA) is 85.7 Å². The minimum atomic E-state index is -3.69. The fourth-order valence-electron chi connectivity index (χ4n) is 4.07. The molecule has 2 heterocycles. The highest BCUT2D eigenvalue weighted by Crippen LogP contribution is 2.27. The molecule has 0 radical (unpaired) electrons. The predicted molar refractivity (Wildman–Crippen MR) is 118 cm³/mol. The maximum Gasteiger partial charge on any atom is 0.242 e. The van der Waals surface area contributed by atoms with Crippen LogP contribution in [0, 0.1) is 17.4 Å². The summed E-state index contributed by atoms with van der Waals surface area (Å²) in [5.74, 6) is 0.619. The Morgan fingerprint density at radius 2 is 2.03 bits per heavy atom. The molecule has 7 nitrogen and oxygen atoms in total. The van der Waals surface area contributed by atoms with E-state index in [9.17, 15) is 13.7 Å². The second-order valence-electron chi connectivity index (χ2n) is 7.81. The van der Waals surface area contributed by atoms with Crippen molar-refractivity contribution in [1.29, 1.82) is 5.26 Å². The van der Waals surface area contributed by atoms with Crippen molar-refractivity contribution in [3.8, 4) is 6.19 Å². The Balaban J connectivity index is 1.61. The summed E-state index contributed by atoms with van der Waals surface area (Å²) >= 11 is 6.64. The standard InChI is InChI=1S/C19H26Br2N4O3S/c1-24(10-14-4-6-28-7-5-14)12-17-9-16(11-25(17)13-22)23-29(26,27)19-8-15(20)2-3-18(19)21/h2-3,8,14,16-17,23H,4-7,9-12H2,1H3/t16-,17-/m1/s1. The van der Waals surface area contributed by atoms with Gasteiger partial charge in [-0.1, -0.05) is 15.9 Å². The molecule has 0 spiro atoms. The third-order valence-corrected chi connectivity index (χ3v) is 8.49. The van der Waals surface area contributed by atoms with E-state index in [0.29, 0.717) is 27.8 Å². The largest absolute Gasteiger partial charge is 0.381 e. The highest BCUT2D eigenvalue weighted by atomic mass is 79.9. The molecule has 160 valence electrons. The Hall–Kier alpha value is -0.700. The van der Waals surface area contributed by atoms with E-state index in [-0.39, 0.29) is 17.0 Å². The van der Waals surface area contributed by atoms with Crippen LogP contribution in [0.15, 0.2) is 32.0 Å². The SMILES string of the molecule is CN(CC1CCOCC1)C[C@H]1C[C@@H](NS(=O)(=O)c2cc(Br)ccc2Br)CN1C#N. The van der Waals surface area contributed by atoms with Gasteiger partial charge in [0, 0.05) is 47.8 Å². The molecule has 2 atom stereocenters. The summed E-state index contributed by atoms with van der Waals surface area (Å²) in [5.41, 5.74) is 0. The molecule has 0 amide bonds. The van der Waals surface area contributed by atoms with Crippen LogP contribution in [-0.2, 0) is 14.8 Å². The van der Waals surface area contributed by atoms with Gasteiger partial charge in [-0.05, 0) is 66.4 Å². The fraction of sp³-hybridized carbons (Fsp3) is 0.632. The third kappa shape index (κ3) is 6.15. The number of halogens is 2. The van der Waals surface area contributed by atoms with E-state index in [4.69, 9.17) is 4.74 Å². The smallest absolute Gasteiger partial charge is 0.242 e. The van der Waals surface area contributed by atoms with Crippen LogP contribution in [0.3, 0.4) is 0 Å². The molecule has 3 rings (SSSR count). The van der Waals surface area contributed by atoms with Crippen LogP contribution in [0.1, 0.15) is 19.3 Å². The molecule has 2 fully saturated rings. The van der Waals surface area contributed by atoms with Crippen molar-refractivity contribution in [3.63, 3.8) is 0 Å². The minimum absolute atomic E-state index is 0.00323. The van der Waals surface area contributed by atoms with Gasteiger partial charge in [0.2, 0.25) is 10.0 Å². The van der Waals surface area contributed by atoms with Gasteiger partial charge in [-0.15, -0.1) is 0 Å². The van der Waals surface area contributed by atoms with E-state index >= 15 is 0 Å². The van der Waals surface area contributed by atoms with Crippen LogP contribution in [0.25, 0.3) is 0 Å². The first kappa shape index (κ1) is 23.0. The van der Waals surface area contributed by atoms with Crippen molar-refractivity contribution < 1.29 is 13.2 Å². The molecular weight excluding hydrogens is 524 g/mol. The first-order chi connectivity index (χ1) is 13.8. The second kappa shape index (κ2) is 10.1. The first-order valence-corrected chi connectivity index (χ1v) is 12.8. The van der Waals surface area contributed by atoms with Crippen LogP contribution in [0.4, 0.5) is 0 Å². The number of nitrogens with one attached hydrogen (secondary N) is 1. The first-order valence-electron chi connectivity index (χ1n) is 9.68. The number of benzene rings is 1. The van der Waals surface area contributed by atoms with Gasteiger partial charge in [0.15, 0.2) is 6.19 Å². The number of hydrogen-bond acceptors (Lipinski definition) is 6. The number of likely N-dealkylation sites (tertiary alicyclic amines) is 1. The zero-order chi connectivity index (χ0) is 21.0. The molecule has 1 aromatic rings. The minimum Gasteiger partial charge on any atom is -0.381 e. The van der Waals surface area contributed by atoms with E-state index in [1.807, 2.05) is 0 Å². The lowest BCUT2D eigenvalue weighted by Gasteiger charge is -2.30. The predicted octanol–water partition coefficient (Wildman–Crippen LogP) is 2.77. The number of sulfonamides is 1. The van der Waals surface area contributed by atoms with E-state index in [2.05, 4.69) is 54.7 Å². The molecule has 1 N–H and O–H groups in total. The van der Waals surface area contributed by atoms with Gasteiger partial charge >= 0.3 is 0 Å². The Labute approximate surface area is 189 Å². The van der Waals surface area contributed by atoms with Crippen LogP contribution >= 0.6 is 31.9 Å². The molecule has 0 saturated carbocycles.